The van der Waals surface area contributed by atoms with Crippen molar-refractivity contribution in [1.82, 2.24) is 9.88 Å². The molecule has 1 N–H and O–H groups in total. The lowest BCUT2D eigenvalue weighted by Crippen LogP contribution is -2.38. The third-order valence-corrected chi connectivity index (χ3v) is 3.86. The quantitative estimate of drug-likeness (QED) is 0.906. The molecule has 0 atom stereocenters. The number of anilines is 1. The Labute approximate surface area is 115 Å². The number of hydrogen-bond donors (Lipinski definition) is 1. The van der Waals surface area contributed by atoms with E-state index in [9.17, 15) is 4.79 Å². The van der Waals surface area contributed by atoms with Crippen molar-refractivity contribution in [3.63, 3.8) is 0 Å². The Morgan fingerprint density at radius 3 is 2.79 bits per heavy atom. The van der Waals surface area contributed by atoms with Crippen molar-refractivity contribution in [2.75, 3.05) is 25.0 Å². The van der Waals surface area contributed by atoms with Crippen LogP contribution >= 0.6 is 0 Å². The van der Waals surface area contributed by atoms with Gasteiger partial charge in [0.2, 0.25) is 0 Å². The SMILES string of the molecule is CCNc1ncccc1C(=O)N1CCC(CC)CC1. The van der Waals surface area contributed by atoms with Gasteiger partial charge in [0.15, 0.2) is 0 Å². The first-order valence-electron chi connectivity index (χ1n) is 7.24. The minimum absolute atomic E-state index is 0.110. The highest BCUT2D eigenvalue weighted by atomic mass is 16.2. The lowest BCUT2D eigenvalue weighted by molar-refractivity contribution is 0.0689. The van der Waals surface area contributed by atoms with E-state index < -0.39 is 0 Å². The molecule has 1 aromatic rings. The number of likely N-dealkylation sites (tertiary alicyclic amines) is 1. The maximum Gasteiger partial charge on any atom is 0.257 e. The fraction of sp³-hybridized carbons (Fsp3) is 0.600. The number of carbonyl (C=O) groups excluding carboxylic acids is 1. The smallest absolute Gasteiger partial charge is 0.257 e. The summed E-state index contributed by atoms with van der Waals surface area (Å²) in [5.74, 6) is 1.59. The average molecular weight is 261 g/mol. The first-order valence-corrected chi connectivity index (χ1v) is 7.24. The molecule has 0 unspecified atom stereocenters. The Morgan fingerprint density at radius 2 is 2.16 bits per heavy atom. The van der Waals surface area contributed by atoms with Gasteiger partial charge in [-0.15, -0.1) is 0 Å². The van der Waals surface area contributed by atoms with Crippen molar-refractivity contribution >= 4 is 11.7 Å². The maximum atomic E-state index is 12.5. The number of pyridine rings is 1. The average Bonchev–Trinajstić information content (AvgIpc) is 2.47. The van der Waals surface area contributed by atoms with Gasteiger partial charge in [-0.2, -0.15) is 0 Å². The van der Waals surface area contributed by atoms with Crippen molar-refractivity contribution in [2.45, 2.75) is 33.1 Å². The molecular weight excluding hydrogens is 238 g/mol. The Bertz CT molecular complexity index is 425. The number of carbonyl (C=O) groups is 1. The van der Waals surface area contributed by atoms with Crippen LogP contribution in [0, 0.1) is 5.92 Å². The van der Waals surface area contributed by atoms with Gasteiger partial charge in [0.05, 0.1) is 5.56 Å². The highest BCUT2D eigenvalue weighted by molar-refractivity contribution is 5.98. The topological polar surface area (TPSA) is 45.2 Å². The first-order chi connectivity index (χ1) is 9.26. The third-order valence-electron chi connectivity index (χ3n) is 3.86. The summed E-state index contributed by atoms with van der Waals surface area (Å²) in [4.78, 5) is 18.8. The summed E-state index contributed by atoms with van der Waals surface area (Å²) in [7, 11) is 0. The molecule has 1 fully saturated rings. The molecule has 0 radical (unpaired) electrons. The highest BCUT2D eigenvalue weighted by Crippen LogP contribution is 2.22. The minimum atomic E-state index is 0.110. The summed E-state index contributed by atoms with van der Waals surface area (Å²) in [6, 6.07) is 3.69. The maximum absolute atomic E-state index is 12.5. The molecule has 0 spiro atoms. The number of nitrogens with one attached hydrogen (secondary N) is 1. The van der Waals surface area contributed by atoms with Crippen molar-refractivity contribution in [3.05, 3.63) is 23.9 Å². The number of nitrogens with zero attached hydrogens (tertiary/aromatic N) is 2. The van der Waals surface area contributed by atoms with Crippen LogP contribution in [0.1, 0.15) is 43.5 Å². The summed E-state index contributed by atoms with van der Waals surface area (Å²) < 4.78 is 0. The fourth-order valence-electron chi connectivity index (χ4n) is 2.60. The molecule has 104 valence electrons. The van der Waals surface area contributed by atoms with Crippen LogP contribution in [0.3, 0.4) is 0 Å². The summed E-state index contributed by atoms with van der Waals surface area (Å²) in [6.07, 6.45) is 5.19. The fourth-order valence-corrected chi connectivity index (χ4v) is 2.60. The van der Waals surface area contributed by atoms with Crippen LogP contribution < -0.4 is 5.32 Å². The number of hydrogen-bond acceptors (Lipinski definition) is 3. The first kappa shape index (κ1) is 13.8. The molecule has 2 rings (SSSR count). The monoisotopic (exact) mass is 261 g/mol. The predicted octanol–water partition coefficient (Wildman–Crippen LogP) is 2.78. The largest absolute Gasteiger partial charge is 0.370 e. The van der Waals surface area contributed by atoms with Crippen molar-refractivity contribution in [1.29, 1.82) is 0 Å². The van der Waals surface area contributed by atoms with Gasteiger partial charge in [-0.25, -0.2) is 4.98 Å². The lowest BCUT2D eigenvalue weighted by atomic mass is 9.94. The van der Waals surface area contributed by atoms with E-state index in [0.717, 1.165) is 38.4 Å². The van der Waals surface area contributed by atoms with Crippen LogP contribution in [-0.4, -0.2) is 35.4 Å². The van der Waals surface area contributed by atoms with Gasteiger partial charge in [0, 0.05) is 25.8 Å². The van der Waals surface area contributed by atoms with E-state index in [1.165, 1.54) is 6.42 Å². The van der Waals surface area contributed by atoms with Crippen molar-refractivity contribution in [2.24, 2.45) is 5.92 Å². The molecule has 0 aliphatic carbocycles. The van der Waals surface area contributed by atoms with Crippen molar-refractivity contribution in [3.8, 4) is 0 Å². The van der Waals surface area contributed by atoms with Gasteiger partial charge in [0.1, 0.15) is 5.82 Å². The van der Waals surface area contributed by atoms with Gasteiger partial charge < -0.3 is 10.2 Å². The van der Waals surface area contributed by atoms with E-state index in [4.69, 9.17) is 0 Å². The van der Waals surface area contributed by atoms with Crippen LogP contribution in [0.5, 0.6) is 0 Å². The Morgan fingerprint density at radius 1 is 1.42 bits per heavy atom. The summed E-state index contributed by atoms with van der Waals surface area (Å²) in [6.45, 7) is 6.76. The molecule has 4 heteroatoms. The second-order valence-electron chi connectivity index (χ2n) is 5.07. The lowest BCUT2D eigenvalue weighted by Gasteiger charge is -2.31. The van der Waals surface area contributed by atoms with Crippen LogP contribution in [-0.2, 0) is 0 Å². The number of amides is 1. The second kappa shape index (κ2) is 6.55. The van der Waals surface area contributed by atoms with Gasteiger partial charge in [-0.3, -0.25) is 4.79 Å². The van der Waals surface area contributed by atoms with Gasteiger partial charge in [0.25, 0.3) is 5.91 Å². The molecule has 0 saturated carbocycles. The molecule has 0 aromatic carbocycles. The van der Waals surface area contributed by atoms with E-state index in [1.54, 1.807) is 6.20 Å². The van der Waals surface area contributed by atoms with Crippen LogP contribution in [0.4, 0.5) is 5.82 Å². The Kier molecular flexibility index (Phi) is 4.77. The molecule has 0 bridgehead atoms. The van der Waals surface area contributed by atoms with E-state index in [-0.39, 0.29) is 5.91 Å². The van der Waals surface area contributed by atoms with E-state index in [0.29, 0.717) is 11.4 Å². The molecule has 19 heavy (non-hydrogen) atoms. The summed E-state index contributed by atoms with van der Waals surface area (Å²) in [5.41, 5.74) is 0.694. The molecule has 1 saturated heterocycles. The summed E-state index contributed by atoms with van der Waals surface area (Å²) >= 11 is 0. The number of piperidine rings is 1. The molecule has 1 aliphatic rings. The zero-order chi connectivity index (χ0) is 13.7. The van der Waals surface area contributed by atoms with Gasteiger partial charge in [-0.1, -0.05) is 13.3 Å². The molecule has 1 aliphatic heterocycles. The Balaban J connectivity index is 2.07. The Hall–Kier alpha value is -1.58. The minimum Gasteiger partial charge on any atom is -0.370 e. The van der Waals surface area contributed by atoms with Gasteiger partial charge >= 0.3 is 0 Å². The summed E-state index contributed by atoms with van der Waals surface area (Å²) in [5, 5.41) is 3.16. The molecule has 2 heterocycles. The van der Waals surface area contributed by atoms with Crippen LogP contribution in [0.15, 0.2) is 18.3 Å². The molecule has 1 aromatic heterocycles. The van der Waals surface area contributed by atoms with Crippen LogP contribution in [0.25, 0.3) is 0 Å². The predicted molar refractivity (Wildman–Crippen MR) is 77.3 cm³/mol. The van der Waals surface area contributed by atoms with E-state index in [1.807, 2.05) is 24.0 Å². The molecule has 4 nitrogen and oxygen atoms in total. The number of rotatable bonds is 4. The number of aromatic nitrogens is 1. The second-order valence-corrected chi connectivity index (χ2v) is 5.07. The van der Waals surface area contributed by atoms with Crippen molar-refractivity contribution < 1.29 is 4.79 Å². The normalized spacial score (nSPS) is 16.4. The van der Waals surface area contributed by atoms with E-state index >= 15 is 0 Å². The molecule has 1 amide bonds. The van der Waals surface area contributed by atoms with Crippen LogP contribution in [0.2, 0.25) is 0 Å². The third kappa shape index (κ3) is 3.25. The van der Waals surface area contributed by atoms with E-state index in [2.05, 4.69) is 17.2 Å². The highest BCUT2D eigenvalue weighted by Gasteiger charge is 2.24. The standard InChI is InChI=1S/C15H23N3O/c1-3-12-7-10-18(11-8-12)15(19)13-6-5-9-17-14(13)16-4-2/h5-6,9,12H,3-4,7-8,10-11H2,1-2H3,(H,16,17). The zero-order valence-electron chi connectivity index (χ0n) is 11.9. The van der Waals surface area contributed by atoms with Gasteiger partial charge in [-0.05, 0) is 37.8 Å². The molecular formula is C15H23N3O. The zero-order valence-corrected chi connectivity index (χ0v) is 11.9.